The molecule has 10 nitrogen and oxygen atoms in total. The standard InChI is InChI=1S/C23H22N6O4/c1-13-7-14(2)9-17(8-13)28-22-18(10-25-28)23(31)27(12-24-22)11-20(30)26-21-16(4)15(3)5-6-19(21)29(32)33/h5-10,12H,11H2,1-4H3,(H,26,30). The smallest absolute Gasteiger partial charge is 0.293 e. The molecule has 4 aromatic rings. The van der Waals surface area contributed by atoms with Crippen LogP contribution in [0.1, 0.15) is 22.3 Å². The molecule has 0 bridgehead atoms. The van der Waals surface area contributed by atoms with Crippen molar-refractivity contribution in [2.24, 2.45) is 0 Å². The van der Waals surface area contributed by atoms with Crippen molar-refractivity contribution in [3.63, 3.8) is 0 Å². The number of rotatable bonds is 5. The third-order valence-electron chi connectivity index (χ3n) is 5.49. The fraction of sp³-hybridized carbons (Fsp3) is 0.217. The van der Waals surface area contributed by atoms with Gasteiger partial charge in [0.2, 0.25) is 5.91 Å². The molecule has 1 N–H and O–H groups in total. The molecule has 0 unspecified atom stereocenters. The molecule has 2 heterocycles. The zero-order valence-electron chi connectivity index (χ0n) is 18.6. The highest BCUT2D eigenvalue weighted by molar-refractivity contribution is 5.94. The maximum atomic E-state index is 13.0. The van der Waals surface area contributed by atoms with Crippen LogP contribution in [0.5, 0.6) is 0 Å². The van der Waals surface area contributed by atoms with E-state index in [0.717, 1.165) is 26.9 Å². The maximum absolute atomic E-state index is 13.0. The number of anilines is 1. The molecule has 2 aromatic carbocycles. The SMILES string of the molecule is Cc1cc(C)cc(-n2ncc3c(=O)n(CC(=O)Nc4c([N+](=O)[O-])ccc(C)c4C)cnc32)c1. The van der Waals surface area contributed by atoms with Gasteiger partial charge >= 0.3 is 0 Å². The van der Waals surface area contributed by atoms with E-state index in [1.54, 1.807) is 24.6 Å². The van der Waals surface area contributed by atoms with Crippen molar-refractivity contribution in [2.45, 2.75) is 34.2 Å². The summed E-state index contributed by atoms with van der Waals surface area (Å²) in [5.41, 5.74) is 4.15. The van der Waals surface area contributed by atoms with Gasteiger partial charge in [0.25, 0.3) is 11.2 Å². The summed E-state index contributed by atoms with van der Waals surface area (Å²) in [5, 5.41) is 18.5. The third kappa shape index (κ3) is 4.10. The van der Waals surface area contributed by atoms with Gasteiger partial charge in [-0.2, -0.15) is 5.10 Å². The molecule has 10 heteroatoms. The summed E-state index contributed by atoms with van der Waals surface area (Å²) < 4.78 is 2.74. The maximum Gasteiger partial charge on any atom is 0.293 e. The van der Waals surface area contributed by atoms with Crippen LogP contribution in [0.4, 0.5) is 11.4 Å². The van der Waals surface area contributed by atoms with Gasteiger partial charge in [0.05, 0.1) is 16.8 Å². The molecule has 0 saturated carbocycles. The number of carbonyl (C=O) groups is 1. The predicted octanol–water partition coefficient (Wildman–Crippen LogP) is 3.36. The van der Waals surface area contributed by atoms with E-state index in [4.69, 9.17) is 0 Å². The molecule has 0 spiro atoms. The van der Waals surface area contributed by atoms with Crippen molar-refractivity contribution in [3.05, 3.63) is 85.6 Å². The minimum Gasteiger partial charge on any atom is -0.319 e. The van der Waals surface area contributed by atoms with E-state index in [1.807, 2.05) is 32.0 Å². The lowest BCUT2D eigenvalue weighted by atomic mass is 10.1. The van der Waals surface area contributed by atoms with Crippen LogP contribution in [-0.2, 0) is 11.3 Å². The van der Waals surface area contributed by atoms with Crippen LogP contribution in [0.2, 0.25) is 0 Å². The Morgan fingerprint density at radius 3 is 2.48 bits per heavy atom. The number of nitro groups is 1. The number of nitrogens with zero attached hydrogens (tertiary/aromatic N) is 5. The summed E-state index contributed by atoms with van der Waals surface area (Å²) >= 11 is 0. The summed E-state index contributed by atoms with van der Waals surface area (Å²) in [6.45, 7) is 7.09. The molecular weight excluding hydrogens is 424 g/mol. The summed E-state index contributed by atoms with van der Waals surface area (Å²) in [5.74, 6) is -0.572. The molecule has 0 atom stereocenters. The quantitative estimate of drug-likeness (QED) is 0.370. The number of nitrogens with one attached hydrogen (secondary N) is 1. The topological polar surface area (TPSA) is 125 Å². The van der Waals surface area contributed by atoms with E-state index in [-0.39, 0.29) is 23.3 Å². The highest BCUT2D eigenvalue weighted by Crippen LogP contribution is 2.30. The van der Waals surface area contributed by atoms with Crippen LogP contribution in [0.15, 0.2) is 47.7 Å². The molecule has 1 amide bonds. The molecule has 0 aliphatic rings. The van der Waals surface area contributed by atoms with Gasteiger partial charge in [-0.15, -0.1) is 0 Å². The van der Waals surface area contributed by atoms with Crippen molar-refractivity contribution >= 4 is 28.3 Å². The Labute approximate surface area is 188 Å². The largest absolute Gasteiger partial charge is 0.319 e. The van der Waals surface area contributed by atoms with Gasteiger partial charge in [-0.3, -0.25) is 24.3 Å². The Kier molecular flexibility index (Phi) is 5.50. The van der Waals surface area contributed by atoms with Crippen LogP contribution in [0.25, 0.3) is 16.7 Å². The molecule has 168 valence electrons. The normalized spacial score (nSPS) is 11.0. The van der Waals surface area contributed by atoms with Crippen molar-refractivity contribution in [1.82, 2.24) is 19.3 Å². The van der Waals surface area contributed by atoms with Gasteiger partial charge in [-0.25, -0.2) is 9.67 Å². The zero-order valence-corrected chi connectivity index (χ0v) is 18.6. The molecule has 4 rings (SSSR count). The lowest BCUT2D eigenvalue weighted by molar-refractivity contribution is -0.384. The van der Waals surface area contributed by atoms with Gasteiger partial charge < -0.3 is 5.32 Å². The lowest BCUT2D eigenvalue weighted by Crippen LogP contribution is -2.28. The van der Waals surface area contributed by atoms with E-state index < -0.39 is 16.4 Å². The molecule has 0 aliphatic carbocycles. The zero-order chi connectivity index (χ0) is 23.9. The average Bonchev–Trinajstić information content (AvgIpc) is 3.17. The van der Waals surface area contributed by atoms with Crippen LogP contribution in [-0.4, -0.2) is 30.2 Å². The number of aromatic nitrogens is 4. The number of amides is 1. The minimum absolute atomic E-state index is 0.120. The summed E-state index contributed by atoms with van der Waals surface area (Å²) in [6, 6.07) is 8.89. The first-order valence-corrected chi connectivity index (χ1v) is 10.2. The summed E-state index contributed by atoms with van der Waals surface area (Å²) in [7, 11) is 0. The number of hydrogen-bond acceptors (Lipinski definition) is 6. The van der Waals surface area contributed by atoms with Gasteiger partial charge in [0.15, 0.2) is 5.65 Å². The molecule has 0 aliphatic heterocycles. The second-order valence-corrected chi connectivity index (χ2v) is 8.02. The Balaban J connectivity index is 1.65. The van der Waals surface area contributed by atoms with E-state index >= 15 is 0 Å². The number of carbonyl (C=O) groups excluding carboxylic acids is 1. The van der Waals surface area contributed by atoms with Gasteiger partial charge in [0, 0.05) is 6.07 Å². The molecule has 0 saturated heterocycles. The average molecular weight is 446 g/mol. The van der Waals surface area contributed by atoms with Crippen molar-refractivity contribution in [2.75, 3.05) is 5.32 Å². The molecular formula is C23H22N6O4. The van der Waals surface area contributed by atoms with Gasteiger partial charge in [-0.05, 0) is 62.1 Å². The molecule has 0 radical (unpaired) electrons. The first-order chi connectivity index (χ1) is 15.7. The number of fused-ring (bicyclic) bond motifs is 1. The number of hydrogen-bond donors (Lipinski definition) is 1. The fourth-order valence-corrected chi connectivity index (χ4v) is 3.77. The van der Waals surface area contributed by atoms with E-state index in [1.165, 1.54) is 18.6 Å². The van der Waals surface area contributed by atoms with Crippen molar-refractivity contribution < 1.29 is 9.72 Å². The molecule has 0 fully saturated rings. The summed E-state index contributed by atoms with van der Waals surface area (Å²) in [4.78, 5) is 40.8. The number of benzene rings is 2. The summed E-state index contributed by atoms with van der Waals surface area (Å²) in [6.07, 6.45) is 2.70. The highest BCUT2D eigenvalue weighted by atomic mass is 16.6. The Morgan fingerprint density at radius 2 is 1.82 bits per heavy atom. The van der Waals surface area contributed by atoms with Crippen LogP contribution < -0.4 is 10.9 Å². The van der Waals surface area contributed by atoms with Crippen LogP contribution in [0.3, 0.4) is 0 Å². The monoisotopic (exact) mass is 446 g/mol. The number of nitro benzene ring substituents is 1. The minimum atomic E-state index is -0.572. The van der Waals surface area contributed by atoms with Gasteiger partial charge in [0.1, 0.15) is 23.9 Å². The van der Waals surface area contributed by atoms with Crippen LogP contribution in [0, 0.1) is 37.8 Å². The van der Waals surface area contributed by atoms with Crippen molar-refractivity contribution in [3.8, 4) is 5.69 Å². The fourth-order valence-electron chi connectivity index (χ4n) is 3.77. The Morgan fingerprint density at radius 1 is 1.12 bits per heavy atom. The second kappa shape index (κ2) is 8.30. The second-order valence-electron chi connectivity index (χ2n) is 8.02. The van der Waals surface area contributed by atoms with Gasteiger partial charge in [-0.1, -0.05) is 12.1 Å². The molecule has 33 heavy (non-hydrogen) atoms. The van der Waals surface area contributed by atoms with Crippen molar-refractivity contribution in [1.29, 1.82) is 0 Å². The lowest BCUT2D eigenvalue weighted by Gasteiger charge is -2.12. The van der Waals surface area contributed by atoms with E-state index in [9.17, 15) is 19.7 Å². The highest BCUT2D eigenvalue weighted by Gasteiger charge is 2.20. The van der Waals surface area contributed by atoms with E-state index in [2.05, 4.69) is 15.4 Å². The third-order valence-corrected chi connectivity index (χ3v) is 5.49. The number of aryl methyl sites for hydroxylation is 3. The Bertz CT molecular complexity index is 1460. The first kappa shape index (κ1) is 21.9. The Hall–Kier alpha value is -4.34. The predicted molar refractivity (Wildman–Crippen MR) is 124 cm³/mol. The first-order valence-electron chi connectivity index (χ1n) is 10.2. The van der Waals surface area contributed by atoms with E-state index in [0.29, 0.717) is 11.2 Å². The van der Waals surface area contributed by atoms with Crippen LogP contribution >= 0.6 is 0 Å². The molecule has 2 aromatic heterocycles.